The van der Waals surface area contributed by atoms with Crippen LogP contribution in [0.15, 0.2) is 36.7 Å². The number of aromatic nitrogens is 2. The number of carbonyl (C=O) groups is 1. The van der Waals surface area contributed by atoms with Gasteiger partial charge >= 0.3 is 6.03 Å². The molecule has 0 atom stereocenters. The molecule has 0 unspecified atom stereocenters. The van der Waals surface area contributed by atoms with Crippen molar-refractivity contribution in [2.75, 3.05) is 51.6 Å². The number of hydrogen-bond donors (Lipinski definition) is 2. The van der Waals surface area contributed by atoms with Gasteiger partial charge in [0.1, 0.15) is 6.61 Å². The summed E-state index contributed by atoms with van der Waals surface area (Å²) in [5.74, 6) is 0.517. The van der Waals surface area contributed by atoms with Crippen molar-refractivity contribution in [1.29, 1.82) is 0 Å². The van der Waals surface area contributed by atoms with Gasteiger partial charge in [-0.05, 0) is 13.1 Å². The third kappa shape index (κ3) is 6.05. The fraction of sp³-hybridized carbons (Fsp3) is 0.421. The Morgan fingerprint density at radius 2 is 1.93 bits per heavy atom. The summed E-state index contributed by atoms with van der Waals surface area (Å²) in [7, 11) is 2.12. The number of rotatable bonds is 7. The molecule has 9 heteroatoms. The van der Waals surface area contributed by atoms with Gasteiger partial charge in [0.25, 0.3) is 5.88 Å². The minimum Gasteiger partial charge on any atom is -0.470 e. The Morgan fingerprint density at radius 3 is 2.71 bits per heavy atom. The second kappa shape index (κ2) is 10.2. The molecule has 1 aliphatic heterocycles. The van der Waals surface area contributed by atoms with Crippen LogP contribution in [-0.4, -0.2) is 72.1 Å². The zero-order chi connectivity index (χ0) is 19.8. The average Bonchev–Trinajstić information content (AvgIpc) is 2.70. The summed E-state index contributed by atoms with van der Waals surface area (Å²) in [6.45, 7) is 5.76. The lowest BCUT2D eigenvalue weighted by Gasteiger charge is -2.32. The quantitative estimate of drug-likeness (QED) is 0.735. The molecule has 3 rings (SSSR count). The van der Waals surface area contributed by atoms with Crippen molar-refractivity contribution in [3.05, 3.63) is 47.2 Å². The van der Waals surface area contributed by atoms with Crippen LogP contribution in [0.4, 0.5) is 10.6 Å². The Labute approximate surface area is 169 Å². The summed E-state index contributed by atoms with van der Waals surface area (Å²) >= 11 is 6.14. The molecule has 0 spiro atoms. The molecule has 1 aromatic carbocycles. The molecule has 2 N–H and O–H groups in total. The maximum absolute atomic E-state index is 12.2. The molecule has 0 bridgehead atoms. The number of nitrogens with zero attached hydrogens (tertiary/aromatic N) is 4. The molecule has 1 aliphatic rings. The Balaban J connectivity index is 1.47. The standard InChI is InChI=1S/C19H25ClN6O2/c1-25-10-12-26(13-11-25)9-8-23-19(27)24-17-18(22-7-6-21-17)28-14-15-4-2-3-5-16(15)20/h2-7H,8-14H2,1H3,(H2,21,23,24,27). The van der Waals surface area contributed by atoms with Gasteiger partial charge in [-0.3, -0.25) is 10.2 Å². The highest BCUT2D eigenvalue weighted by Gasteiger charge is 2.14. The Bertz CT molecular complexity index is 783. The molecule has 1 fully saturated rings. The van der Waals surface area contributed by atoms with Gasteiger partial charge in [0, 0.05) is 62.2 Å². The molecule has 150 valence electrons. The van der Waals surface area contributed by atoms with E-state index in [1.165, 1.54) is 12.4 Å². The molecule has 2 aromatic rings. The number of halogens is 1. The highest BCUT2D eigenvalue weighted by molar-refractivity contribution is 6.31. The van der Waals surface area contributed by atoms with Crippen LogP contribution in [0.2, 0.25) is 5.02 Å². The molecule has 1 saturated heterocycles. The molecule has 0 aliphatic carbocycles. The van der Waals surface area contributed by atoms with Gasteiger partial charge in [-0.2, -0.15) is 0 Å². The van der Waals surface area contributed by atoms with Crippen LogP contribution < -0.4 is 15.4 Å². The van der Waals surface area contributed by atoms with Crippen LogP contribution in [0.25, 0.3) is 0 Å². The second-order valence-electron chi connectivity index (χ2n) is 6.62. The fourth-order valence-electron chi connectivity index (χ4n) is 2.83. The first-order chi connectivity index (χ1) is 13.6. The van der Waals surface area contributed by atoms with Crippen LogP contribution in [0.1, 0.15) is 5.56 Å². The molecular formula is C19H25ClN6O2. The fourth-order valence-corrected chi connectivity index (χ4v) is 3.02. The zero-order valence-electron chi connectivity index (χ0n) is 15.9. The molecular weight excluding hydrogens is 380 g/mol. The first-order valence-corrected chi connectivity index (χ1v) is 9.62. The van der Waals surface area contributed by atoms with Gasteiger partial charge in [0.15, 0.2) is 5.82 Å². The number of hydrogen-bond acceptors (Lipinski definition) is 6. The third-order valence-electron chi connectivity index (χ3n) is 4.53. The number of amides is 2. The molecule has 2 heterocycles. The normalized spacial score (nSPS) is 15.2. The van der Waals surface area contributed by atoms with E-state index in [1.54, 1.807) is 6.07 Å². The van der Waals surface area contributed by atoms with Crippen molar-refractivity contribution in [2.45, 2.75) is 6.61 Å². The van der Waals surface area contributed by atoms with Crippen LogP contribution in [0, 0.1) is 0 Å². The lowest BCUT2D eigenvalue weighted by atomic mass is 10.2. The number of piperazine rings is 1. The SMILES string of the molecule is CN1CCN(CCNC(=O)Nc2nccnc2OCc2ccccc2Cl)CC1. The van der Waals surface area contributed by atoms with Crippen LogP contribution >= 0.6 is 11.6 Å². The van der Waals surface area contributed by atoms with Crippen LogP contribution in [-0.2, 0) is 6.61 Å². The van der Waals surface area contributed by atoms with E-state index in [1.807, 2.05) is 18.2 Å². The van der Waals surface area contributed by atoms with E-state index in [9.17, 15) is 4.79 Å². The van der Waals surface area contributed by atoms with Crippen molar-refractivity contribution < 1.29 is 9.53 Å². The highest BCUT2D eigenvalue weighted by atomic mass is 35.5. The summed E-state index contributed by atoms with van der Waals surface area (Å²) in [5, 5.41) is 6.16. The molecule has 2 amide bonds. The van der Waals surface area contributed by atoms with Crippen molar-refractivity contribution in [1.82, 2.24) is 25.1 Å². The van der Waals surface area contributed by atoms with Gasteiger partial charge < -0.3 is 15.0 Å². The van der Waals surface area contributed by atoms with Crippen molar-refractivity contribution in [2.24, 2.45) is 0 Å². The summed E-state index contributed by atoms with van der Waals surface area (Å²) in [6.07, 6.45) is 3.01. The summed E-state index contributed by atoms with van der Waals surface area (Å²) in [4.78, 5) is 25.1. The zero-order valence-corrected chi connectivity index (χ0v) is 16.7. The number of likely N-dealkylation sites (N-methyl/N-ethyl adjacent to an activating group) is 1. The predicted octanol–water partition coefficient (Wildman–Crippen LogP) is 2.08. The van der Waals surface area contributed by atoms with Crippen molar-refractivity contribution in [3.8, 4) is 5.88 Å². The van der Waals surface area contributed by atoms with Crippen LogP contribution in [0.3, 0.4) is 0 Å². The third-order valence-corrected chi connectivity index (χ3v) is 4.90. The van der Waals surface area contributed by atoms with Gasteiger partial charge in [0.2, 0.25) is 0 Å². The van der Waals surface area contributed by atoms with E-state index in [0.717, 1.165) is 38.3 Å². The number of nitrogens with one attached hydrogen (secondary N) is 2. The summed E-state index contributed by atoms with van der Waals surface area (Å²) in [6, 6.07) is 7.07. The largest absolute Gasteiger partial charge is 0.470 e. The van der Waals surface area contributed by atoms with Crippen molar-refractivity contribution in [3.63, 3.8) is 0 Å². The Morgan fingerprint density at radius 1 is 1.18 bits per heavy atom. The van der Waals surface area contributed by atoms with Gasteiger partial charge in [-0.1, -0.05) is 29.8 Å². The van der Waals surface area contributed by atoms with Gasteiger partial charge in [0.05, 0.1) is 0 Å². The molecule has 0 radical (unpaired) electrons. The Hall–Kier alpha value is -2.42. The molecule has 1 aromatic heterocycles. The van der Waals surface area contributed by atoms with E-state index in [-0.39, 0.29) is 24.3 Å². The first-order valence-electron chi connectivity index (χ1n) is 9.25. The number of anilines is 1. The van der Waals surface area contributed by atoms with E-state index < -0.39 is 0 Å². The first kappa shape index (κ1) is 20.3. The van der Waals surface area contributed by atoms with Gasteiger partial charge in [-0.15, -0.1) is 0 Å². The number of benzene rings is 1. The maximum atomic E-state index is 12.2. The lowest BCUT2D eigenvalue weighted by molar-refractivity contribution is 0.155. The smallest absolute Gasteiger partial charge is 0.320 e. The lowest BCUT2D eigenvalue weighted by Crippen LogP contribution is -2.47. The monoisotopic (exact) mass is 404 g/mol. The molecule has 8 nitrogen and oxygen atoms in total. The molecule has 0 saturated carbocycles. The predicted molar refractivity (Wildman–Crippen MR) is 109 cm³/mol. The minimum atomic E-state index is -0.336. The average molecular weight is 405 g/mol. The van der Waals surface area contributed by atoms with E-state index in [2.05, 4.69) is 37.4 Å². The summed E-state index contributed by atoms with van der Waals surface area (Å²) in [5.41, 5.74) is 0.831. The van der Waals surface area contributed by atoms with Crippen molar-refractivity contribution >= 4 is 23.4 Å². The minimum absolute atomic E-state index is 0.234. The topological polar surface area (TPSA) is 82.6 Å². The van der Waals surface area contributed by atoms with Crippen LogP contribution in [0.5, 0.6) is 5.88 Å². The van der Waals surface area contributed by atoms with E-state index in [4.69, 9.17) is 16.3 Å². The number of ether oxygens (including phenoxy) is 1. The second-order valence-corrected chi connectivity index (χ2v) is 7.02. The number of carbonyl (C=O) groups excluding carboxylic acids is 1. The molecule has 28 heavy (non-hydrogen) atoms. The summed E-state index contributed by atoms with van der Waals surface area (Å²) < 4.78 is 5.70. The highest BCUT2D eigenvalue weighted by Crippen LogP contribution is 2.21. The number of urea groups is 1. The maximum Gasteiger partial charge on any atom is 0.320 e. The van der Waals surface area contributed by atoms with Gasteiger partial charge in [-0.25, -0.2) is 14.8 Å². The Kier molecular flexibility index (Phi) is 7.41. The van der Waals surface area contributed by atoms with E-state index in [0.29, 0.717) is 11.6 Å². The van der Waals surface area contributed by atoms with E-state index >= 15 is 0 Å².